The van der Waals surface area contributed by atoms with Gasteiger partial charge in [-0.1, -0.05) is 18.5 Å². The van der Waals surface area contributed by atoms with Crippen LogP contribution in [0.2, 0.25) is 5.02 Å². The van der Waals surface area contributed by atoms with E-state index in [2.05, 4.69) is 0 Å². The van der Waals surface area contributed by atoms with Gasteiger partial charge in [0.2, 0.25) is 0 Å². The van der Waals surface area contributed by atoms with Crippen LogP contribution in [0.1, 0.15) is 13.3 Å². The van der Waals surface area contributed by atoms with Crippen molar-refractivity contribution in [3.05, 3.63) is 33.3 Å². The number of hydrogen-bond acceptors (Lipinski definition) is 3. The molecule has 0 heterocycles. The van der Waals surface area contributed by atoms with E-state index in [1.54, 1.807) is 0 Å². The molecule has 0 fully saturated rings. The molecular formula is C9H10ClNO3. The van der Waals surface area contributed by atoms with Crippen LogP contribution < -0.4 is 4.74 Å². The molecule has 0 aliphatic rings. The fourth-order valence-corrected chi connectivity index (χ4v) is 1.13. The van der Waals surface area contributed by atoms with Crippen LogP contribution in [0.15, 0.2) is 18.2 Å². The lowest BCUT2D eigenvalue weighted by Gasteiger charge is -2.04. The lowest BCUT2D eigenvalue weighted by molar-refractivity contribution is -0.385. The molecule has 0 amide bonds. The summed E-state index contributed by atoms with van der Waals surface area (Å²) in [5.74, 6) is 0.226. The second kappa shape index (κ2) is 4.81. The first-order valence-corrected chi connectivity index (χ1v) is 4.59. The number of nitro benzene ring substituents is 1. The van der Waals surface area contributed by atoms with Gasteiger partial charge >= 0.3 is 5.69 Å². The first-order chi connectivity index (χ1) is 6.65. The van der Waals surface area contributed by atoms with E-state index >= 15 is 0 Å². The summed E-state index contributed by atoms with van der Waals surface area (Å²) in [6.45, 7) is 2.37. The Morgan fingerprint density at radius 2 is 2.29 bits per heavy atom. The molecule has 0 unspecified atom stereocenters. The maximum absolute atomic E-state index is 10.6. The van der Waals surface area contributed by atoms with Crippen LogP contribution in [0.5, 0.6) is 5.75 Å². The summed E-state index contributed by atoms with van der Waals surface area (Å²) in [4.78, 5) is 10.1. The number of hydrogen-bond donors (Lipinski definition) is 0. The van der Waals surface area contributed by atoms with Crippen molar-refractivity contribution in [1.29, 1.82) is 0 Å². The number of nitrogens with zero attached hydrogens (tertiary/aromatic N) is 1. The molecule has 0 radical (unpaired) electrons. The Labute approximate surface area is 86.6 Å². The number of rotatable bonds is 4. The Hall–Kier alpha value is -1.29. The zero-order chi connectivity index (χ0) is 10.6. The van der Waals surface area contributed by atoms with Gasteiger partial charge in [-0.2, -0.15) is 0 Å². The van der Waals surface area contributed by atoms with E-state index in [9.17, 15) is 10.1 Å². The van der Waals surface area contributed by atoms with Crippen LogP contribution >= 0.6 is 11.6 Å². The Morgan fingerprint density at radius 3 is 2.86 bits per heavy atom. The zero-order valence-electron chi connectivity index (χ0n) is 7.70. The predicted octanol–water partition coefficient (Wildman–Crippen LogP) is 3.04. The van der Waals surface area contributed by atoms with Crippen LogP contribution in [0.25, 0.3) is 0 Å². The highest BCUT2D eigenvalue weighted by atomic mass is 35.5. The highest BCUT2D eigenvalue weighted by Gasteiger charge is 2.14. The molecular weight excluding hydrogens is 206 g/mol. The smallest absolute Gasteiger partial charge is 0.311 e. The maximum Gasteiger partial charge on any atom is 0.311 e. The second-order valence-electron chi connectivity index (χ2n) is 2.72. The molecule has 0 bridgehead atoms. The zero-order valence-corrected chi connectivity index (χ0v) is 8.45. The van der Waals surface area contributed by atoms with Gasteiger partial charge in [0.1, 0.15) is 0 Å². The van der Waals surface area contributed by atoms with Crippen molar-refractivity contribution in [2.45, 2.75) is 13.3 Å². The first kappa shape index (κ1) is 10.8. The SMILES string of the molecule is CCCOc1cc(Cl)ccc1[N+](=O)[O-]. The number of benzene rings is 1. The fourth-order valence-electron chi connectivity index (χ4n) is 0.966. The molecule has 14 heavy (non-hydrogen) atoms. The molecule has 0 aromatic heterocycles. The van der Waals surface area contributed by atoms with E-state index in [1.807, 2.05) is 6.92 Å². The minimum absolute atomic E-state index is 0.0529. The Morgan fingerprint density at radius 1 is 1.57 bits per heavy atom. The molecule has 0 saturated heterocycles. The minimum atomic E-state index is -0.485. The van der Waals surface area contributed by atoms with Crippen molar-refractivity contribution in [1.82, 2.24) is 0 Å². The van der Waals surface area contributed by atoms with Gasteiger partial charge in [0.05, 0.1) is 11.5 Å². The summed E-state index contributed by atoms with van der Waals surface area (Å²) < 4.78 is 5.20. The van der Waals surface area contributed by atoms with Crippen molar-refractivity contribution in [3.8, 4) is 5.75 Å². The van der Waals surface area contributed by atoms with Gasteiger partial charge < -0.3 is 4.74 Å². The van der Waals surface area contributed by atoms with E-state index < -0.39 is 4.92 Å². The predicted molar refractivity (Wildman–Crippen MR) is 53.9 cm³/mol. The van der Waals surface area contributed by atoms with Crippen LogP contribution in [0.3, 0.4) is 0 Å². The molecule has 0 aliphatic heterocycles. The molecule has 1 aromatic carbocycles. The molecule has 5 heteroatoms. The van der Waals surface area contributed by atoms with Crippen LogP contribution in [0.4, 0.5) is 5.69 Å². The van der Waals surface area contributed by atoms with Crippen LogP contribution in [-0.2, 0) is 0 Å². The van der Waals surface area contributed by atoms with Crippen LogP contribution in [-0.4, -0.2) is 11.5 Å². The van der Waals surface area contributed by atoms with Crippen molar-refractivity contribution < 1.29 is 9.66 Å². The van der Waals surface area contributed by atoms with E-state index in [-0.39, 0.29) is 11.4 Å². The van der Waals surface area contributed by atoms with Gasteiger partial charge in [0.15, 0.2) is 5.75 Å². The Bertz CT molecular complexity index is 341. The maximum atomic E-state index is 10.6. The van der Waals surface area contributed by atoms with Crippen molar-refractivity contribution in [3.63, 3.8) is 0 Å². The van der Waals surface area contributed by atoms with E-state index in [0.29, 0.717) is 11.6 Å². The van der Waals surface area contributed by atoms with Gasteiger partial charge in [-0.3, -0.25) is 10.1 Å². The van der Waals surface area contributed by atoms with E-state index in [1.165, 1.54) is 18.2 Å². The first-order valence-electron chi connectivity index (χ1n) is 4.22. The van der Waals surface area contributed by atoms with E-state index in [0.717, 1.165) is 6.42 Å². The average molecular weight is 216 g/mol. The van der Waals surface area contributed by atoms with E-state index in [4.69, 9.17) is 16.3 Å². The number of halogens is 1. The summed E-state index contributed by atoms with van der Waals surface area (Å²) in [6, 6.07) is 4.27. The highest BCUT2D eigenvalue weighted by Crippen LogP contribution is 2.29. The molecule has 1 rings (SSSR count). The van der Waals surface area contributed by atoms with Crippen LogP contribution in [0, 0.1) is 10.1 Å². The molecule has 0 aliphatic carbocycles. The average Bonchev–Trinajstić information content (AvgIpc) is 2.14. The molecule has 76 valence electrons. The molecule has 4 nitrogen and oxygen atoms in total. The topological polar surface area (TPSA) is 52.4 Å². The molecule has 0 atom stereocenters. The van der Waals surface area contributed by atoms with Crippen molar-refractivity contribution in [2.24, 2.45) is 0 Å². The summed E-state index contributed by atoms with van der Waals surface area (Å²) in [6.07, 6.45) is 0.795. The number of ether oxygens (including phenoxy) is 1. The third-order valence-corrected chi connectivity index (χ3v) is 1.82. The summed E-state index contributed by atoms with van der Waals surface area (Å²) in [7, 11) is 0. The molecule has 1 aromatic rings. The summed E-state index contributed by atoms with van der Waals surface area (Å²) in [5.41, 5.74) is -0.0529. The molecule has 0 N–H and O–H groups in total. The van der Waals surface area contributed by atoms with Gasteiger partial charge in [-0.05, 0) is 12.5 Å². The molecule has 0 saturated carbocycles. The third-order valence-electron chi connectivity index (χ3n) is 1.58. The van der Waals surface area contributed by atoms with Gasteiger partial charge in [-0.25, -0.2) is 0 Å². The highest BCUT2D eigenvalue weighted by molar-refractivity contribution is 6.30. The van der Waals surface area contributed by atoms with Crippen molar-refractivity contribution >= 4 is 17.3 Å². The summed E-state index contributed by atoms with van der Waals surface area (Å²) in [5, 5.41) is 11.0. The monoisotopic (exact) mass is 215 g/mol. The Kier molecular flexibility index (Phi) is 3.71. The molecule has 0 spiro atoms. The minimum Gasteiger partial charge on any atom is -0.487 e. The lowest BCUT2D eigenvalue weighted by Crippen LogP contribution is -1.99. The van der Waals surface area contributed by atoms with Gasteiger partial charge in [0, 0.05) is 17.2 Å². The third kappa shape index (κ3) is 2.60. The lowest BCUT2D eigenvalue weighted by atomic mass is 10.3. The quantitative estimate of drug-likeness (QED) is 0.573. The van der Waals surface area contributed by atoms with Crippen molar-refractivity contribution in [2.75, 3.05) is 6.61 Å². The normalized spacial score (nSPS) is 9.86. The number of nitro groups is 1. The fraction of sp³-hybridized carbons (Fsp3) is 0.333. The van der Waals surface area contributed by atoms with Gasteiger partial charge in [-0.15, -0.1) is 0 Å². The van der Waals surface area contributed by atoms with Gasteiger partial charge in [0.25, 0.3) is 0 Å². The Balaban J connectivity index is 2.97. The summed E-state index contributed by atoms with van der Waals surface area (Å²) >= 11 is 5.70. The second-order valence-corrected chi connectivity index (χ2v) is 3.15. The standard InChI is InChI=1S/C9H10ClNO3/c1-2-5-14-9-6-7(10)3-4-8(9)11(12)13/h3-4,6H,2,5H2,1H3. The largest absolute Gasteiger partial charge is 0.487 e.